The van der Waals surface area contributed by atoms with E-state index >= 15 is 0 Å². The van der Waals surface area contributed by atoms with E-state index in [0.29, 0.717) is 0 Å². The summed E-state index contributed by atoms with van der Waals surface area (Å²) in [7, 11) is 0. The molecule has 0 atom stereocenters. The maximum Gasteiger partial charge on any atom is 0.329 e. The molecule has 3 rings (SSSR count). The molecule has 2 heterocycles. The van der Waals surface area contributed by atoms with Crippen LogP contribution < -0.4 is 0 Å². The molecule has 0 N–H and O–H groups in total. The van der Waals surface area contributed by atoms with E-state index in [4.69, 9.17) is 11.9 Å². The van der Waals surface area contributed by atoms with Gasteiger partial charge >= 0.3 is 5.97 Å². The lowest BCUT2D eigenvalue weighted by Gasteiger charge is -2.09. The molecule has 0 bridgehead atoms. The molecule has 17 heavy (non-hydrogen) atoms. The first kappa shape index (κ1) is 10.4. The van der Waals surface area contributed by atoms with Gasteiger partial charge < -0.3 is 8.86 Å². The van der Waals surface area contributed by atoms with Crippen LogP contribution in [0.1, 0.15) is 11.1 Å². The Labute approximate surface area is 103 Å². The summed E-state index contributed by atoms with van der Waals surface area (Å²) in [5, 5.41) is 1.09. The molecular weight excluding hydrogens is 238 g/mol. The first-order valence-electron chi connectivity index (χ1n) is 5.38. The molecule has 3 nitrogen and oxygen atoms in total. The lowest BCUT2D eigenvalue weighted by atomic mass is 10.1. The highest BCUT2D eigenvalue weighted by Gasteiger charge is 2.15. The molecule has 4 heteroatoms. The molecular formula is C13H10ClNO2. The lowest BCUT2D eigenvalue weighted by Crippen LogP contribution is -2.01. The van der Waals surface area contributed by atoms with Gasteiger partial charge in [-0.3, -0.25) is 4.79 Å². The van der Waals surface area contributed by atoms with Gasteiger partial charge in [0.25, 0.3) is 0 Å². The van der Waals surface area contributed by atoms with Crippen LogP contribution in [0.3, 0.4) is 0 Å². The standard InChI is InChI=1S/C13H10ClNO2/c14-17-12(16)7-10-8-15-6-2-4-9-3-1-5-11(10)13(9)15/h1-5,8H,6-7H2. The molecule has 1 aromatic carbocycles. The highest BCUT2D eigenvalue weighted by molar-refractivity contribution is 6.13. The van der Waals surface area contributed by atoms with Crippen molar-refractivity contribution in [2.45, 2.75) is 13.0 Å². The minimum absolute atomic E-state index is 0.205. The second-order valence-corrected chi connectivity index (χ2v) is 4.23. The van der Waals surface area contributed by atoms with Gasteiger partial charge in [-0.2, -0.15) is 0 Å². The maximum atomic E-state index is 11.2. The summed E-state index contributed by atoms with van der Waals surface area (Å²) >= 11 is 5.07. The number of benzene rings is 1. The van der Waals surface area contributed by atoms with Gasteiger partial charge in [-0.05, 0) is 11.1 Å². The molecule has 0 radical (unpaired) electrons. The van der Waals surface area contributed by atoms with Crippen LogP contribution in [0.4, 0.5) is 0 Å². The smallest absolute Gasteiger partial charge is 0.329 e. The van der Waals surface area contributed by atoms with Gasteiger partial charge in [-0.25, -0.2) is 0 Å². The number of hydrogen-bond donors (Lipinski definition) is 0. The molecule has 0 unspecified atom stereocenters. The van der Waals surface area contributed by atoms with E-state index in [1.807, 2.05) is 18.3 Å². The molecule has 2 aromatic rings. The van der Waals surface area contributed by atoms with Gasteiger partial charge in [-0.1, -0.05) is 30.4 Å². The fourth-order valence-corrected chi connectivity index (χ4v) is 2.41. The van der Waals surface area contributed by atoms with E-state index in [1.165, 1.54) is 11.1 Å². The fraction of sp³-hybridized carbons (Fsp3) is 0.154. The first-order valence-corrected chi connectivity index (χ1v) is 5.69. The zero-order chi connectivity index (χ0) is 11.8. The molecule has 0 saturated heterocycles. The minimum atomic E-state index is -0.427. The van der Waals surface area contributed by atoms with Gasteiger partial charge in [-0.15, -0.1) is 0 Å². The summed E-state index contributed by atoms with van der Waals surface area (Å²) in [6, 6.07) is 6.08. The predicted molar refractivity (Wildman–Crippen MR) is 66.6 cm³/mol. The van der Waals surface area contributed by atoms with Crippen molar-refractivity contribution in [3.63, 3.8) is 0 Å². The normalized spacial score (nSPS) is 13.0. The third kappa shape index (κ3) is 1.63. The van der Waals surface area contributed by atoms with Crippen LogP contribution in [-0.4, -0.2) is 10.5 Å². The Kier molecular flexibility index (Phi) is 2.41. The number of aromatic nitrogens is 1. The van der Waals surface area contributed by atoms with E-state index in [0.717, 1.165) is 17.5 Å². The molecule has 0 saturated carbocycles. The Morgan fingerprint density at radius 2 is 2.35 bits per heavy atom. The average molecular weight is 248 g/mol. The molecule has 86 valence electrons. The molecule has 0 fully saturated rings. The van der Waals surface area contributed by atoms with E-state index in [2.05, 4.69) is 27.1 Å². The Morgan fingerprint density at radius 3 is 3.18 bits per heavy atom. The highest BCUT2D eigenvalue weighted by Crippen LogP contribution is 2.28. The van der Waals surface area contributed by atoms with Gasteiger partial charge in [0.2, 0.25) is 0 Å². The molecule has 0 spiro atoms. The van der Waals surface area contributed by atoms with E-state index in [9.17, 15) is 4.79 Å². The fourth-order valence-electron chi connectivity index (χ4n) is 2.36. The quantitative estimate of drug-likeness (QED) is 0.817. The summed E-state index contributed by atoms with van der Waals surface area (Å²) < 4.78 is 6.34. The van der Waals surface area contributed by atoms with Gasteiger partial charge in [0.05, 0.1) is 11.9 Å². The maximum absolute atomic E-state index is 11.2. The lowest BCUT2D eigenvalue weighted by molar-refractivity contribution is -0.133. The van der Waals surface area contributed by atoms with Crippen LogP contribution in [0.25, 0.3) is 17.0 Å². The monoisotopic (exact) mass is 247 g/mol. The number of rotatable bonds is 2. The van der Waals surface area contributed by atoms with Crippen molar-refractivity contribution in [2.75, 3.05) is 0 Å². The zero-order valence-corrected chi connectivity index (χ0v) is 9.78. The summed E-state index contributed by atoms with van der Waals surface area (Å²) in [5.41, 5.74) is 3.31. The second-order valence-electron chi connectivity index (χ2n) is 4.08. The summed E-state index contributed by atoms with van der Waals surface area (Å²) in [5.74, 6) is -0.427. The van der Waals surface area contributed by atoms with Crippen LogP contribution in [0, 0.1) is 0 Å². The molecule has 0 aliphatic carbocycles. The van der Waals surface area contributed by atoms with Gasteiger partial charge in [0.1, 0.15) is 11.9 Å². The van der Waals surface area contributed by atoms with Crippen LogP contribution >= 0.6 is 11.9 Å². The summed E-state index contributed by atoms with van der Waals surface area (Å²) in [6.07, 6.45) is 6.40. The van der Waals surface area contributed by atoms with Crippen LogP contribution in [0.15, 0.2) is 30.5 Å². The number of carbonyl (C=O) groups excluding carboxylic acids is 1. The molecule has 1 aliphatic heterocycles. The first-order chi connectivity index (χ1) is 8.29. The predicted octanol–water partition coefficient (Wildman–Crippen LogP) is 2.91. The number of carbonyl (C=O) groups is 1. The van der Waals surface area contributed by atoms with Crippen molar-refractivity contribution >= 4 is 34.8 Å². The number of allylic oxidation sites excluding steroid dienone is 1. The van der Waals surface area contributed by atoms with Crippen LogP contribution in [0.5, 0.6) is 0 Å². The van der Waals surface area contributed by atoms with E-state index in [-0.39, 0.29) is 6.42 Å². The largest absolute Gasteiger partial charge is 0.347 e. The van der Waals surface area contributed by atoms with Crippen molar-refractivity contribution in [3.05, 3.63) is 41.6 Å². The topological polar surface area (TPSA) is 31.2 Å². The molecule has 0 amide bonds. The number of nitrogens with zero attached hydrogens (tertiary/aromatic N) is 1. The second kappa shape index (κ2) is 3.93. The number of para-hydroxylation sites is 1. The molecule has 1 aliphatic rings. The Balaban J connectivity index is 2.17. The Morgan fingerprint density at radius 1 is 1.47 bits per heavy atom. The van der Waals surface area contributed by atoms with Crippen molar-refractivity contribution in [1.82, 2.24) is 4.57 Å². The van der Waals surface area contributed by atoms with Crippen molar-refractivity contribution in [1.29, 1.82) is 0 Å². The number of hydrogen-bond acceptors (Lipinski definition) is 2. The highest BCUT2D eigenvalue weighted by atomic mass is 35.5. The zero-order valence-electron chi connectivity index (χ0n) is 9.02. The van der Waals surface area contributed by atoms with Crippen molar-refractivity contribution < 1.29 is 9.08 Å². The van der Waals surface area contributed by atoms with Crippen LogP contribution in [-0.2, 0) is 22.0 Å². The van der Waals surface area contributed by atoms with Crippen molar-refractivity contribution in [2.24, 2.45) is 0 Å². The Hall–Kier alpha value is -1.74. The molecule has 1 aromatic heterocycles. The summed E-state index contributed by atoms with van der Waals surface area (Å²) in [6.45, 7) is 0.837. The summed E-state index contributed by atoms with van der Waals surface area (Å²) in [4.78, 5) is 11.2. The third-order valence-corrected chi connectivity index (χ3v) is 3.20. The van der Waals surface area contributed by atoms with Crippen LogP contribution in [0.2, 0.25) is 0 Å². The SMILES string of the molecule is O=C(Cc1cn2c3c(cccc13)C=CC2)OCl. The van der Waals surface area contributed by atoms with Crippen molar-refractivity contribution in [3.8, 4) is 0 Å². The van der Waals surface area contributed by atoms with Gasteiger partial charge in [0.15, 0.2) is 0 Å². The Bertz CT molecular complexity index is 628. The number of halogens is 1. The third-order valence-electron chi connectivity index (χ3n) is 3.03. The van der Waals surface area contributed by atoms with E-state index < -0.39 is 5.97 Å². The van der Waals surface area contributed by atoms with E-state index in [1.54, 1.807) is 0 Å². The minimum Gasteiger partial charge on any atom is -0.347 e. The van der Waals surface area contributed by atoms with Gasteiger partial charge in [0, 0.05) is 18.1 Å². The average Bonchev–Trinajstić information content (AvgIpc) is 2.70.